The molecular weight excluding hydrogens is 301 g/mol. The van der Waals surface area contributed by atoms with Gasteiger partial charge in [-0.25, -0.2) is 0 Å². The molecule has 0 saturated carbocycles. The van der Waals surface area contributed by atoms with Crippen LogP contribution in [0.25, 0.3) is 0 Å². The number of amides is 1. The second-order valence-electron chi connectivity index (χ2n) is 4.74. The van der Waals surface area contributed by atoms with E-state index in [1.807, 2.05) is 6.92 Å². The molecule has 1 unspecified atom stereocenters. The first-order valence-electron chi connectivity index (χ1n) is 6.76. The van der Waals surface area contributed by atoms with Crippen LogP contribution in [-0.2, 0) is 14.9 Å². The van der Waals surface area contributed by atoms with E-state index in [0.29, 0.717) is 5.69 Å². The molecule has 1 amide bonds. The number of carbonyl (C=O) groups is 1. The van der Waals surface area contributed by atoms with Gasteiger partial charge in [0.2, 0.25) is 5.91 Å². The van der Waals surface area contributed by atoms with Gasteiger partial charge in [-0.15, -0.1) is 0 Å². The van der Waals surface area contributed by atoms with Crippen LogP contribution in [0, 0.1) is 5.92 Å². The normalized spacial score (nSPS) is 12.3. The van der Waals surface area contributed by atoms with Gasteiger partial charge >= 0.3 is 29.6 Å². The van der Waals surface area contributed by atoms with Gasteiger partial charge in [0.25, 0.3) is 10.1 Å². The third-order valence-corrected chi connectivity index (χ3v) is 4.02. The summed E-state index contributed by atoms with van der Waals surface area (Å²) in [6, 6.07) is 5.60. The second kappa shape index (κ2) is 9.58. The molecule has 5 nitrogen and oxygen atoms in total. The van der Waals surface area contributed by atoms with E-state index in [0.717, 1.165) is 25.7 Å². The van der Waals surface area contributed by atoms with E-state index < -0.39 is 10.1 Å². The molecule has 0 aliphatic rings. The van der Waals surface area contributed by atoms with Gasteiger partial charge < -0.3 is 5.32 Å². The van der Waals surface area contributed by atoms with E-state index in [1.54, 1.807) is 6.07 Å². The molecule has 0 fully saturated rings. The van der Waals surface area contributed by atoms with Gasteiger partial charge in [-0.05, 0) is 31.0 Å². The molecule has 0 heterocycles. The Hall–Kier alpha value is -0.400. The van der Waals surface area contributed by atoms with Crippen LogP contribution in [0.15, 0.2) is 29.2 Å². The van der Waals surface area contributed by atoms with Gasteiger partial charge in [0, 0.05) is 11.6 Å². The van der Waals surface area contributed by atoms with E-state index in [4.69, 9.17) is 4.55 Å². The third-order valence-electron chi connectivity index (χ3n) is 3.17. The standard InChI is InChI=1S/C14H21NO4S.Na.H/c1-3-5-7-11(4-2)14(16)15-12-8-6-9-13(10-12)20(17,18)19;;/h6,8-11H,3-5,7H2,1-2H3,(H,15,16)(H,17,18,19);;. The van der Waals surface area contributed by atoms with E-state index in [-0.39, 0.29) is 46.3 Å². The summed E-state index contributed by atoms with van der Waals surface area (Å²) in [7, 11) is -4.25. The van der Waals surface area contributed by atoms with Crippen molar-refractivity contribution in [2.45, 2.75) is 44.4 Å². The Bertz CT molecular complexity index is 560. The number of hydrogen-bond acceptors (Lipinski definition) is 3. The van der Waals surface area contributed by atoms with Crippen LogP contribution in [-0.4, -0.2) is 48.4 Å². The van der Waals surface area contributed by atoms with Crippen LogP contribution in [0.1, 0.15) is 39.5 Å². The SMILES string of the molecule is CCCCC(CC)C(=O)Nc1cccc(S(=O)(=O)O)c1.[NaH]. The first-order valence-corrected chi connectivity index (χ1v) is 8.20. The molecule has 0 radical (unpaired) electrons. The maximum atomic E-state index is 12.1. The van der Waals surface area contributed by atoms with Gasteiger partial charge in [-0.3, -0.25) is 9.35 Å². The topological polar surface area (TPSA) is 83.5 Å². The Morgan fingerprint density at radius 1 is 1.33 bits per heavy atom. The van der Waals surface area contributed by atoms with Crippen LogP contribution in [0.3, 0.4) is 0 Å². The summed E-state index contributed by atoms with van der Waals surface area (Å²) in [5.74, 6) is -0.197. The van der Waals surface area contributed by atoms with Crippen molar-refractivity contribution < 1.29 is 17.8 Å². The number of nitrogens with one attached hydrogen (secondary N) is 1. The molecule has 114 valence electrons. The fraction of sp³-hybridized carbons (Fsp3) is 0.500. The molecule has 1 rings (SSSR count). The van der Waals surface area contributed by atoms with Crippen molar-refractivity contribution in [3.8, 4) is 0 Å². The first-order chi connectivity index (χ1) is 9.38. The Morgan fingerprint density at radius 3 is 2.52 bits per heavy atom. The first kappa shape index (κ1) is 20.6. The predicted molar refractivity (Wildman–Crippen MR) is 85.3 cm³/mol. The molecule has 0 saturated heterocycles. The average molecular weight is 323 g/mol. The minimum atomic E-state index is -4.25. The molecule has 1 atom stereocenters. The molecule has 0 spiro atoms. The van der Waals surface area contributed by atoms with E-state index in [1.165, 1.54) is 18.2 Å². The average Bonchev–Trinajstić information content (AvgIpc) is 2.39. The molecule has 7 heteroatoms. The number of unbranched alkanes of at least 4 members (excludes halogenated alkanes) is 1. The molecule has 21 heavy (non-hydrogen) atoms. The van der Waals surface area contributed by atoms with Gasteiger partial charge in [-0.1, -0.05) is 32.8 Å². The number of anilines is 1. The monoisotopic (exact) mass is 323 g/mol. The Morgan fingerprint density at radius 2 is 2.00 bits per heavy atom. The number of carbonyl (C=O) groups excluding carboxylic acids is 1. The minimum absolute atomic E-state index is 0. The molecule has 0 aromatic heterocycles. The fourth-order valence-corrected chi connectivity index (χ4v) is 2.48. The van der Waals surface area contributed by atoms with Crippen molar-refractivity contribution in [1.82, 2.24) is 0 Å². The quantitative estimate of drug-likeness (QED) is 0.596. The van der Waals surface area contributed by atoms with Crippen molar-refractivity contribution >= 4 is 51.3 Å². The maximum absolute atomic E-state index is 12.1. The van der Waals surface area contributed by atoms with Crippen LogP contribution >= 0.6 is 0 Å². The van der Waals surface area contributed by atoms with Crippen LogP contribution in [0.4, 0.5) is 5.69 Å². The van der Waals surface area contributed by atoms with Gasteiger partial charge in [0.05, 0.1) is 4.90 Å². The van der Waals surface area contributed by atoms with Crippen molar-refractivity contribution in [2.75, 3.05) is 5.32 Å². The van der Waals surface area contributed by atoms with Crippen molar-refractivity contribution in [1.29, 1.82) is 0 Å². The molecule has 1 aromatic carbocycles. The third kappa shape index (κ3) is 6.93. The van der Waals surface area contributed by atoms with E-state index in [2.05, 4.69) is 12.2 Å². The molecule has 0 bridgehead atoms. The van der Waals surface area contributed by atoms with Gasteiger partial charge in [-0.2, -0.15) is 8.42 Å². The fourth-order valence-electron chi connectivity index (χ4n) is 1.95. The second-order valence-corrected chi connectivity index (χ2v) is 6.16. The zero-order valence-corrected chi connectivity index (χ0v) is 12.6. The molecule has 1 aromatic rings. The summed E-state index contributed by atoms with van der Waals surface area (Å²) in [6.07, 6.45) is 3.57. The number of rotatable bonds is 7. The van der Waals surface area contributed by atoms with Crippen LogP contribution < -0.4 is 5.32 Å². The molecule has 2 N–H and O–H groups in total. The van der Waals surface area contributed by atoms with Gasteiger partial charge in [0.15, 0.2) is 0 Å². The summed E-state index contributed by atoms with van der Waals surface area (Å²) in [5.41, 5.74) is 0.375. The Balaban J connectivity index is 0.00000400. The van der Waals surface area contributed by atoms with E-state index in [9.17, 15) is 13.2 Å². The van der Waals surface area contributed by atoms with Crippen molar-refractivity contribution in [2.24, 2.45) is 5.92 Å². The molecular formula is C14H22NNaO4S. The number of hydrogen-bond donors (Lipinski definition) is 2. The summed E-state index contributed by atoms with van der Waals surface area (Å²) in [5, 5.41) is 2.70. The summed E-state index contributed by atoms with van der Waals surface area (Å²) in [4.78, 5) is 11.9. The predicted octanol–water partition coefficient (Wildman–Crippen LogP) is 2.44. The van der Waals surface area contributed by atoms with Crippen LogP contribution in [0.5, 0.6) is 0 Å². The zero-order chi connectivity index (χ0) is 15.2. The molecule has 0 aliphatic carbocycles. The summed E-state index contributed by atoms with van der Waals surface area (Å²) in [6.45, 7) is 4.02. The summed E-state index contributed by atoms with van der Waals surface area (Å²) >= 11 is 0. The van der Waals surface area contributed by atoms with Crippen molar-refractivity contribution in [3.63, 3.8) is 0 Å². The number of benzene rings is 1. The van der Waals surface area contributed by atoms with Gasteiger partial charge in [0.1, 0.15) is 0 Å². The zero-order valence-electron chi connectivity index (χ0n) is 11.8. The Kier molecular flexibility index (Phi) is 9.40. The van der Waals surface area contributed by atoms with Crippen LogP contribution in [0.2, 0.25) is 0 Å². The Labute approximate surface area is 148 Å². The van der Waals surface area contributed by atoms with E-state index >= 15 is 0 Å². The molecule has 0 aliphatic heterocycles. The van der Waals surface area contributed by atoms with Crippen molar-refractivity contribution in [3.05, 3.63) is 24.3 Å². The summed E-state index contributed by atoms with van der Waals surface area (Å²) < 4.78 is 31.1.